The molecule has 0 fully saturated rings. The molecule has 0 heterocycles. The van der Waals surface area contributed by atoms with Crippen molar-refractivity contribution >= 4 is 12.2 Å². The van der Waals surface area contributed by atoms with Gasteiger partial charge in [0.05, 0.1) is 0 Å². The molecule has 0 N–H and O–H groups in total. The van der Waals surface area contributed by atoms with Crippen molar-refractivity contribution in [2.75, 3.05) is 0 Å². The molecule has 2 aliphatic carbocycles. The van der Waals surface area contributed by atoms with E-state index in [2.05, 4.69) is 138 Å². The zero-order valence-electron chi connectivity index (χ0n) is 26.9. The zero-order valence-corrected chi connectivity index (χ0v) is 26.9. The summed E-state index contributed by atoms with van der Waals surface area (Å²) in [5.41, 5.74) is 22.1. The third-order valence-electron chi connectivity index (χ3n) is 10.3. The summed E-state index contributed by atoms with van der Waals surface area (Å²) in [5.74, 6) is 1.17. The lowest BCUT2D eigenvalue weighted by Gasteiger charge is -2.29. The molecule has 3 aromatic rings. The predicted octanol–water partition coefficient (Wildman–Crippen LogP) is 11.3. The molecule has 0 aliphatic heterocycles. The van der Waals surface area contributed by atoms with Gasteiger partial charge in [0.2, 0.25) is 0 Å². The first-order valence-corrected chi connectivity index (χ1v) is 15.2. The van der Waals surface area contributed by atoms with Gasteiger partial charge in [-0.05, 0) is 138 Å². The standard InChI is InChI=1S/C40H48/c1-22(2)33-20-31(40(10,11)12)21-34(33)39-37-28(8)24(4)23(3)27(7)35(37)36-29(9)25(5)26(6)32(38(36)39)19-18-30-16-14-13-15-17-30/h13-22,34,39H,1-12H3. The van der Waals surface area contributed by atoms with Crippen LogP contribution in [0.25, 0.3) is 23.3 Å². The molecular formula is C40H48. The molecule has 2 aliphatic rings. The molecule has 208 valence electrons. The maximum absolute atomic E-state index is 2.64. The minimum atomic E-state index is 0.127. The second-order valence-corrected chi connectivity index (χ2v) is 13.8. The smallest absolute Gasteiger partial charge is 0.0211 e. The topological polar surface area (TPSA) is 0 Å². The van der Waals surface area contributed by atoms with Crippen LogP contribution in [0.4, 0.5) is 0 Å². The van der Waals surface area contributed by atoms with Crippen LogP contribution >= 0.6 is 0 Å². The Balaban J connectivity index is 1.90. The maximum Gasteiger partial charge on any atom is 0.0211 e. The lowest BCUT2D eigenvalue weighted by atomic mass is 9.74. The van der Waals surface area contributed by atoms with Crippen LogP contribution in [-0.4, -0.2) is 0 Å². The van der Waals surface area contributed by atoms with E-state index in [0.29, 0.717) is 17.8 Å². The highest BCUT2D eigenvalue weighted by Crippen LogP contribution is 2.59. The summed E-state index contributed by atoms with van der Waals surface area (Å²) in [4.78, 5) is 0. The Hall–Kier alpha value is -3.12. The van der Waals surface area contributed by atoms with E-state index in [0.717, 1.165) is 0 Å². The fourth-order valence-corrected chi connectivity index (χ4v) is 7.29. The van der Waals surface area contributed by atoms with Crippen molar-refractivity contribution < 1.29 is 0 Å². The monoisotopic (exact) mass is 528 g/mol. The van der Waals surface area contributed by atoms with Crippen LogP contribution in [0.2, 0.25) is 0 Å². The molecule has 0 spiro atoms. The molecule has 0 nitrogen and oxygen atoms in total. The van der Waals surface area contributed by atoms with Gasteiger partial charge in [-0.3, -0.25) is 0 Å². The highest BCUT2D eigenvalue weighted by Gasteiger charge is 2.43. The molecule has 3 aromatic carbocycles. The van der Waals surface area contributed by atoms with Crippen molar-refractivity contribution in [3.05, 3.63) is 115 Å². The minimum Gasteiger partial charge on any atom is -0.0726 e. The van der Waals surface area contributed by atoms with Crippen molar-refractivity contribution in [1.29, 1.82) is 0 Å². The first-order valence-electron chi connectivity index (χ1n) is 15.2. The number of allylic oxidation sites excluding steroid dienone is 4. The maximum atomic E-state index is 2.64. The lowest BCUT2D eigenvalue weighted by molar-refractivity contribution is 0.514. The predicted molar refractivity (Wildman–Crippen MR) is 176 cm³/mol. The van der Waals surface area contributed by atoms with Gasteiger partial charge >= 0.3 is 0 Å². The van der Waals surface area contributed by atoms with Gasteiger partial charge in [-0.1, -0.05) is 94.8 Å². The molecule has 0 amide bonds. The second-order valence-electron chi connectivity index (χ2n) is 13.8. The van der Waals surface area contributed by atoms with E-state index in [1.807, 2.05) is 0 Å². The van der Waals surface area contributed by atoms with Crippen LogP contribution in [0, 0.1) is 65.7 Å². The van der Waals surface area contributed by atoms with Crippen LogP contribution in [0.1, 0.15) is 102 Å². The Morgan fingerprint density at radius 1 is 0.650 bits per heavy atom. The zero-order chi connectivity index (χ0) is 29.3. The normalized spacial score (nSPS) is 18.4. The van der Waals surface area contributed by atoms with Crippen LogP contribution in [0.15, 0.2) is 53.6 Å². The molecule has 2 unspecified atom stereocenters. The molecular weight excluding hydrogens is 480 g/mol. The van der Waals surface area contributed by atoms with E-state index in [9.17, 15) is 0 Å². The minimum absolute atomic E-state index is 0.127. The van der Waals surface area contributed by atoms with E-state index < -0.39 is 0 Å². The molecule has 0 saturated heterocycles. The average molecular weight is 529 g/mol. The Bertz CT molecular complexity index is 1590. The number of benzene rings is 3. The summed E-state index contributed by atoms with van der Waals surface area (Å²) in [7, 11) is 0. The third kappa shape index (κ3) is 4.36. The summed E-state index contributed by atoms with van der Waals surface area (Å²) >= 11 is 0. The van der Waals surface area contributed by atoms with Crippen LogP contribution in [0.5, 0.6) is 0 Å². The van der Waals surface area contributed by atoms with Crippen molar-refractivity contribution in [3.63, 3.8) is 0 Å². The lowest BCUT2D eigenvalue weighted by Crippen LogP contribution is -2.17. The van der Waals surface area contributed by atoms with Gasteiger partial charge < -0.3 is 0 Å². The van der Waals surface area contributed by atoms with Gasteiger partial charge in [0.15, 0.2) is 0 Å². The summed E-state index contributed by atoms with van der Waals surface area (Å²) < 4.78 is 0. The molecule has 5 rings (SSSR count). The third-order valence-corrected chi connectivity index (χ3v) is 10.3. The molecule has 0 saturated carbocycles. The van der Waals surface area contributed by atoms with E-state index >= 15 is 0 Å². The fraction of sp³-hybridized carbons (Fsp3) is 0.400. The average Bonchev–Trinajstić information content (AvgIpc) is 3.50. The summed E-state index contributed by atoms with van der Waals surface area (Å²) in [5, 5.41) is 0. The van der Waals surface area contributed by atoms with Crippen molar-refractivity contribution in [3.8, 4) is 11.1 Å². The SMILES string of the molecule is Cc1c(C)c(C)c2c(c1C)-c1c(C)c(C)c(C)c(C=Cc3ccccc3)c1C2C1C=C(C(C)(C)C)C=C1C(C)C. The molecule has 0 aromatic heterocycles. The van der Waals surface area contributed by atoms with Gasteiger partial charge in [-0.25, -0.2) is 0 Å². The Morgan fingerprint density at radius 2 is 1.20 bits per heavy atom. The summed E-state index contributed by atoms with van der Waals surface area (Å²) in [6.07, 6.45) is 9.92. The molecule has 0 radical (unpaired) electrons. The summed E-state index contributed by atoms with van der Waals surface area (Å²) in [6, 6.07) is 10.8. The largest absolute Gasteiger partial charge is 0.0726 e. The van der Waals surface area contributed by atoms with Crippen molar-refractivity contribution in [2.45, 2.75) is 89.0 Å². The molecule has 2 atom stereocenters. The van der Waals surface area contributed by atoms with Crippen LogP contribution in [0.3, 0.4) is 0 Å². The van der Waals surface area contributed by atoms with Gasteiger partial charge in [0, 0.05) is 11.8 Å². The number of rotatable bonds is 4. The highest BCUT2D eigenvalue weighted by atomic mass is 14.5. The molecule has 0 bridgehead atoms. The first kappa shape index (κ1) is 28.4. The van der Waals surface area contributed by atoms with Gasteiger partial charge in [0.25, 0.3) is 0 Å². The van der Waals surface area contributed by atoms with Crippen molar-refractivity contribution in [1.82, 2.24) is 0 Å². The fourth-order valence-electron chi connectivity index (χ4n) is 7.29. The first-order chi connectivity index (χ1) is 18.8. The second kappa shape index (κ2) is 10.1. The van der Waals surface area contributed by atoms with Crippen LogP contribution in [-0.2, 0) is 0 Å². The number of hydrogen-bond donors (Lipinski definition) is 0. The summed E-state index contributed by atoms with van der Waals surface area (Å²) in [6.45, 7) is 28.3. The quantitative estimate of drug-likeness (QED) is 0.295. The van der Waals surface area contributed by atoms with Gasteiger partial charge in [-0.2, -0.15) is 0 Å². The van der Waals surface area contributed by atoms with E-state index in [-0.39, 0.29) is 5.41 Å². The van der Waals surface area contributed by atoms with Crippen LogP contribution < -0.4 is 0 Å². The number of hydrogen-bond acceptors (Lipinski definition) is 0. The molecule has 0 heteroatoms. The van der Waals surface area contributed by atoms with E-state index in [1.165, 1.54) is 66.8 Å². The van der Waals surface area contributed by atoms with E-state index in [4.69, 9.17) is 0 Å². The molecule has 40 heavy (non-hydrogen) atoms. The van der Waals surface area contributed by atoms with Crippen molar-refractivity contribution in [2.24, 2.45) is 17.3 Å². The van der Waals surface area contributed by atoms with Gasteiger partial charge in [-0.15, -0.1) is 0 Å². The number of fused-ring (bicyclic) bond motifs is 3. The van der Waals surface area contributed by atoms with Gasteiger partial charge in [0.1, 0.15) is 0 Å². The Morgan fingerprint density at radius 3 is 1.77 bits per heavy atom. The highest BCUT2D eigenvalue weighted by molar-refractivity contribution is 5.92. The Kier molecular flexibility index (Phi) is 7.14. The van der Waals surface area contributed by atoms with E-state index in [1.54, 1.807) is 16.7 Å². The Labute approximate surface area is 243 Å².